The Bertz CT molecular complexity index is 536. The largest absolute Gasteiger partial charge is 0.480 e. The van der Waals surface area contributed by atoms with Crippen LogP contribution in [0.3, 0.4) is 0 Å². The fourth-order valence-electron chi connectivity index (χ4n) is 1.36. The Morgan fingerprint density at radius 3 is 2.65 bits per heavy atom. The first-order chi connectivity index (χ1) is 7.84. The molecule has 0 unspecified atom stereocenters. The molecular weight excluding hydrogens is 242 g/mol. The predicted octanol–water partition coefficient (Wildman–Crippen LogP) is 0.786. The van der Waals surface area contributed by atoms with Gasteiger partial charge in [0.2, 0.25) is 0 Å². The summed E-state index contributed by atoms with van der Waals surface area (Å²) in [5.74, 6) is -1.08. The number of sulfone groups is 1. The number of aliphatic imine (C=N–C) groups is 1. The molecule has 0 aliphatic rings. The molecule has 0 saturated heterocycles. The van der Waals surface area contributed by atoms with Gasteiger partial charge in [-0.05, 0) is 24.4 Å². The highest BCUT2D eigenvalue weighted by Crippen LogP contribution is 2.13. The van der Waals surface area contributed by atoms with Crippen molar-refractivity contribution in [1.29, 1.82) is 0 Å². The third-order valence-corrected chi connectivity index (χ3v) is 3.37. The number of nitrogens with zero attached hydrogens (tertiary/aromatic N) is 1. The fraction of sp³-hybridized carbons (Fsp3) is 0.273. The number of hydrogen-bond donors (Lipinski definition) is 1. The van der Waals surface area contributed by atoms with Crippen LogP contribution < -0.4 is 0 Å². The zero-order valence-corrected chi connectivity index (χ0v) is 10.1. The lowest BCUT2D eigenvalue weighted by Gasteiger charge is -2.07. The molecule has 0 radical (unpaired) electrons. The number of aliphatic carboxylic acids is 1. The van der Waals surface area contributed by atoms with Crippen molar-refractivity contribution >= 4 is 22.5 Å². The molecule has 17 heavy (non-hydrogen) atoms. The summed E-state index contributed by atoms with van der Waals surface area (Å²) in [5.41, 5.74) is 0.604. The first kappa shape index (κ1) is 13.4. The Kier molecular flexibility index (Phi) is 4.01. The summed E-state index contributed by atoms with van der Waals surface area (Å²) in [6.07, 6.45) is 1.23. The standard InChI is InChI=1S/C11H13NO4S/c1-12-10(11(13)14)7-8-4-3-5-9(6-8)17(2,15)16/h3-6,10H,1,7H2,2H3,(H,13,14)/t10-/m0/s1. The highest BCUT2D eigenvalue weighted by Gasteiger charge is 2.16. The van der Waals surface area contributed by atoms with Crippen LogP contribution in [0.15, 0.2) is 34.2 Å². The van der Waals surface area contributed by atoms with E-state index in [0.29, 0.717) is 5.56 Å². The topological polar surface area (TPSA) is 83.8 Å². The lowest BCUT2D eigenvalue weighted by atomic mass is 10.1. The maximum atomic E-state index is 11.3. The third kappa shape index (κ3) is 3.67. The Balaban J connectivity index is 3.01. The van der Waals surface area contributed by atoms with Crippen molar-refractivity contribution in [1.82, 2.24) is 0 Å². The molecule has 1 atom stereocenters. The quantitative estimate of drug-likeness (QED) is 0.788. The Hall–Kier alpha value is -1.69. The molecule has 0 bridgehead atoms. The maximum Gasteiger partial charge on any atom is 0.328 e. The second kappa shape index (κ2) is 5.09. The second-order valence-electron chi connectivity index (χ2n) is 3.66. The van der Waals surface area contributed by atoms with Crippen LogP contribution in [-0.4, -0.2) is 38.5 Å². The molecule has 0 spiro atoms. The van der Waals surface area contributed by atoms with Crippen LogP contribution >= 0.6 is 0 Å². The van der Waals surface area contributed by atoms with Crippen molar-refractivity contribution in [2.75, 3.05) is 6.26 Å². The average Bonchev–Trinajstić information content (AvgIpc) is 2.24. The predicted molar refractivity (Wildman–Crippen MR) is 64.2 cm³/mol. The first-order valence-electron chi connectivity index (χ1n) is 4.82. The van der Waals surface area contributed by atoms with E-state index in [4.69, 9.17) is 5.11 Å². The Morgan fingerprint density at radius 1 is 1.53 bits per heavy atom. The molecule has 0 fully saturated rings. The van der Waals surface area contributed by atoms with Crippen molar-refractivity contribution in [2.45, 2.75) is 17.4 Å². The summed E-state index contributed by atoms with van der Waals surface area (Å²) in [6.45, 7) is 3.20. The summed E-state index contributed by atoms with van der Waals surface area (Å²) in [7, 11) is -3.28. The van der Waals surface area contributed by atoms with E-state index in [0.717, 1.165) is 6.26 Å². The van der Waals surface area contributed by atoms with E-state index in [2.05, 4.69) is 11.7 Å². The van der Waals surface area contributed by atoms with Crippen molar-refractivity contribution in [3.8, 4) is 0 Å². The van der Waals surface area contributed by atoms with Gasteiger partial charge in [-0.25, -0.2) is 13.2 Å². The van der Waals surface area contributed by atoms with Gasteiger partial charge < -0.3 is 5.11 Å². The van der Waals surface area contributed by atoms with Crippen molar-refractivity contribution < 1.29 is 18.3 Å². The molecule has 0 heterocycles. The molecule has 92 valence electrons. The van der Waals surface area contributed by atoms with Crippen LogP contribution in [0.4, 0.5) is 0 Å². The molecule has 1 aromatic carbocycles. The van der Waals surface area contributed by atoms with Gasteiger partial charge in [0.25, 0.3) is 0 Å². The van der Waals surface area contributed by atoms with E-state index in [9.17, 15) is 13.2 Å². The lowest BCUT2D eigenvalue weighted by molar-refractivity contribution is -0.138. The zero-order valence-electron chi connectivity index (χ0n) is 9.33. The molecule has 0 aromatic heterocycles. The fourth-order valence-corrected chi connectivity index (χ4v) is 2.05. The van der Waals surface area contributed by atoms with E-state index in [1.165, 1.54) is 12.1 Å². The molecule has 1 N–H and O–H groups in total. The lowest BCUT2D eigenvalue weighted by Crippen LogP contribution is -2.20. The molecule has 0 saturated carbocycles. The smallest absolute Gasteiger partial charge is 0.328 e. The van der Waals surface area contributed by atoms with Crippen molar-refractivity contribution in [3.05, 3.63) is 29.8 Å². The van der Waals surface area contributed by atoms with Gasteiger partial charge in [0.15, 0.2) is 15.9 Å². The molecule has 1 rings (SSSR count). The van der Waals surface area contributed by atoms with E-state index >= 15 is 0 Å². The minimum Gasteiger partial charge on any atom is -0.480 e. The van der Waals surface area contributed by atoms with Crippen LogP contribution in [0, 0.1) is 0 Å². The molecule has 6 heteroatoms. The van der Waals surface area contributed by atoms with Gasteiger partial charge in [0, 0.05) is 12.7 Å². The van der Waals surface area contributed by atoms with Crippen molar-refractivity contribution in [2.24, 2.45) is 4.99 Å². The number of carboxylic acids is 1. The molecule has 1 aromatic rings. The molecule has 0 aliphatic heterocycles. The first-order valence-corrected chi connectivity index (χ1v) is 6.71. The number of carbonyl (C=O) groups is 1. The van der Waals surface area contributed by atoms with Gasteiger partial charge in [-0.2, -0.15) is 0 Å². The van der Waals surface area contributed by atoms with Gasteiger partial charge in [-0.15, -0.1) is 0 Å². The third-order valence-electron chi connectivity index (χ3n) is 2.26. The summed E-state index contributed by atoms with van der Waals surface area (Å²) in [4.78, 5) is 14.4. The Morgan fingerprint density at radius 2 is 2.18 bits per heavy atom. The van der Waals surface area contributed by atoms with Crippen LogP contribution in [0.5, 0.6) is 0 Å². The second-order valence-corrected chi connectivity index (χ2v) is 5.68. The summed E-state index contributed by atoms with van der Waals surface area (Å²) in [5, 5.41) is 8.81. The number of carboxylic acid groups (broad SMARTS) is 1. The van der Waals surface area contributed by atoms with Crippen LogP contribution in [0.1, 0.15) is 5.56 Å². The summed E-state index contributed by atoms with van der Waals surface area (Å²) in [6, 6.07) is 5.21. The molecular formula is C11H13NO4S. The van der Waals surface area contributed by atoms with Gasteiger partial charge in [0.1, 0.15) is 0 Å². The number of benzene rings is 1. The Labute approximate surface area is 99.7 Å². The van der Waals surface area contributed by atoms with E-state index in [1.54, 1.807) is 12.1 Å². The van der Waals surface area contributed by atoms with Crippen LogP contribution in [0.25, 0.3) is 0 Å². The maximum absolute atomic E-state index is 11.3. The number of hydrogen-bond acceptors (Lipinski definition) is 4. The molecule has 0 amide bonds. The van der Waals surface area contributed by atoms with E-state index in [-0.39, 0.29) is 11.3 Å². The van der Waals surface area contributed by atoms with Crippen molar-refractivity contribution in [3.63, 3.8) is 0 Å². The van der Waals surface area contributed by atoms with Crippen LogP contribution in [0.2, 0.25) is 0 Å². The van der Waals surface area contributed by atoms with Crippen LogP contribution in [-0.2, 0) is 21.1 Å². The minimum atomic E-state index is -3.28. The normalized spacial score (nSPS) is 13.0. The number of rotatable bonds is 5. The van der Waals surface area contributed by atoms with Gasteiger partial charge >= 0.3 is 5.97 Å². The van der Waals surface area contributed by atoms with Gasteiger partial charge in [-0.3, -0.25) is 4.99 Å². The molecule has 5 nitrogen and oxygen atoms in total. The highest BCUT2D eigenvalue weighted by atomic mass is 32.2. The van der Waals surface area contributed by atoms with Gasteiger partial charge in [-0.1, -0.05) is 12.1 Å². The average molecular weight is 255 g/mol. The van der Waals surface area contributed by atoms with Gasteiger partial charge in [0.05, 0.1) is 4.90 Å². The minimum absolute atomic E-state index is 0.127. The summed E-state index contributed by atoms with van der Waals surface area (Å²) >= 11 is 0. The van der Waals surface area contributed by atoms with E-state index < -0.39 is 21.8 Å². The zero-order chi connectivity index (χ0) is 13.1. The summed E-state index contributed by atoms with van der Waals surface area (Å²) < 4.78 is 22.6. The SMILES string of the molecule is C=N[C@@H](Cc1cccc(S(C)(=O)=O)c1)C(=O)O. The monoisotopic (exact) mass is 255 g/mol. The highest BCUT2D eigenvalue weighted by molar-refractivity contribution is 7.90. The van der Waals surface area contributed by atoms with E-state index in [1.807, 2.05) is 0 Å². The molecule has 0 aliphatic carbocycles.